The summed E-state index contributed by atoms with van der Waals surface area (Å²) in [4.78, 5) is 2.06. The van der Waals surface area contributed by atoms with Crippen molar-refractivity contribution in [2.45, 2.75) is 26.3 Å². The molecule has 0 spiro atoms. The van der Waals surface area contributed by atoms with Gasteiger partial charge < -0.3 is 0 Å². The normalized spacial score (nSPS) is 12.7. The molecule has 0 saturated heterocycles. The van der Waals surface area contributed by atoms with Gasteiger partial charge in [-0.25, -0.2) is 5.11 Å². The Morgan fingerprint density at radius 2 is 1.78 bits per heavy atom. The van der Waals surface area contributed by atoms with E-state index in [9.17, 15) is 5.11 Å². The molecule has 0 rings (SSSR count). The minimum atomic E-state index is -0.00618. The zero-order chi connectivity index (χ0) is 7.49. The van der Waals surface area contributed by atoms with Crippen LogP contribution < -0.4 is 0 Å². The van der Waals surface area contributed by atoms with Gasteiger partial charge in [-0.15, -0.1) is 0 Å². The van der Waals surface area contributed by atoms with Crippen molar-refractivity contribution in [3.05, 3.63) is 0 Å². The largest absolute Gasteiger partial charge is 0.299 e. The van der Waals surface area contributed by atoms with Gasteiger partial charge in [-0.2, -0.15) is 0 Å². The zero-order valence-corrected chi connectivity index (χ0v) is 6.77. The van der Waals surface area contributed by atoms with Crippen molar-refractivity contribution in [3.63, 3.8) is 0 Å². The van der Waals surface area contributed by atoms with Crippen LogP contribution in [0.1, 0.15) is 20.8 Å². The second-order valence-corrected chi connectivity index (χ2v) is 3.30. The molecule has 0 aliphatic rings. The second-order valence-electron chi connectivity index (χ2n) is 3.30. The first kappa shape index (κ1) is 8.92. The van der Waals surface area contributed by atoms with E-state index < -0.39 is 0 Å². The van der Waals surface area contributed by atoms with Crippen LogP contribution in [0.2, 0.25) is 0 Å². The van der Waals surface area contributed by atoms with Crippen molar-refractivity contribution in [3.8, 4) is 0 Å². The van der Waals surface area contributed by atoms with Crippen LogP contribution in [0.15, 0.2) is 0 Å². The highest BCUT2D eigenvalue weighted by Crippen LogP contribution is 2.08. The molecule has 1 radical (unpaired) electrons. The van der Waals surface area contributed by atoms with E-state index in [4.69, 9.17) is 0 Å². The Morgan fingerprint density at radius 1 is 1.33 bits per heavy atom. The highest BCUT2D eigenvalue weighted by molar-refractivity contribution is 4.71. The van der Waals surface area contributed by atoms with Crippen LogP contribution >= 0.6 is 0 Å². The van der Waals surface area contributed by atoms with Crippen LogP contribution in [0, 0.1) is 0 Å². The van der Waals surface area contributed by atoms with Crippen molar-refractivity contribution < 1.29 is 5.11 Å². The van der Waals surface area contributed by atoms with Gasteiger partial charge in [-0.1, -0.05) is 0 Å². The Morgan fingerprint density at radius 3 is 1.89 bits per heavy atom. The smallest absolute Gasteiger partial charge is 0.0949 e. The number of nitrogens with zero attached hydrogens (tertiary/aromatic N) is 1. The number of rotatable bonds is 2. The van der Waals surface area contributed by atoms with Crippen molar-refractivity contribution in [2.75, 3.05) is 20.2 Å². The monoisotopic (exact) mass is 130 g/mol. The minimum absolute atomic E-state index is 0.00618. The topological polar surface area (TPSA) is 23.1 Å². The summed E-state index contributed by atoms with van der Waals surface area (Å²) in [5.41, 5.74) is 0.143. The van der Waals surface area contributed by atoms with Crippen LogP contribution in [-0.2, 0) is 5.11 Å². The van der Waals surface area contributed by atoms with Gasteiger partial charge in [0.05, 0.1) is 6.61 Å². The van der Waals surface area contributed by atoms with Crippen LogP contribution in [-0.4, -0.2) is 30.6 Å². The molecule has 0 bridgehead atoms. The van der Waals surface area contributed by atoms with E-state index in [1.807, 2.05) is 7.05 Å². The van der Waals surface area contributed by atoms with Crippen molar-refractivity contribution >= 4 is 0 Å². The summed E-state index contributed by atoms with van der Waals surface area (Å²) >= 11 is 0. The van der Waals surface area contributed by atoms with E-state index in [0.717, 1.165) is 0 Å². The first-order valence-corrected chi connectivity index (χ1v) is 3.28. The molecule has 0 aromatic rings. The van der Waals surface area contributed by atoms with Gasteiger partial charge in [-0.3, -0.25) is 4.90 Å². The number of hydrogen-bond acceptors (Lipinski definition) is 1. The Labute approximate surface area is 57.5 Å². The van der Waals surface area contributed by atoms with Crippen LogP contribution in [0.3, 0.4) is 0 Å². The molecular weight excluding hydrogens is 114 g/mol. The molecular formula is C7H16NO. The fourth-order valence-electron chi connectivity index (χ4n) is 0.472. The van der Waals surface area contributed by atoms with Crippen molar-refractivity contribution in [2.24, 2.45) is 0 Å². The molecule has 0 saturated carbocycles. The van der Waals surface area contributed by atoms with Gasteiger partial charge in [0.15, 0.2) is 0 Å². The highest BCUT2D eigenvalue weighted by Gasteiger charge is 2.15. The van der Waals surface area contributed by atoms with Gasteiger partial charge in [0.2, 0.25) is 0 Å². The third-order valence-electron chi connectivity index (χ3n) is 1.57. The average Bonchev–Trinajstić information content (AvgIpc) is 1.64. The van der Waals surface area contributed by atoms with Crippen LogP contribution in [0.25, 0.3) is 0 Å². The van der Waals surface area contributed by atoms with E-state index in [2.05, 4.69) is 25.7 Å². The molecule has 2 heteroatoms. The summed E-state index contributed by atoms with van der Waals surface area (Å²) in [5, 5.41) is 10.1. The molecule has 0 aromatic carbocycles. The lowest BCUT2D eigenvalue weighted by Crippen LogP contribution is -2.39. The quantitative estimate of drug-likeness (QED) is 0.550. The molecule has 0 amide bonds. The van der Waals surface area contributed by atoms with E-state index in [0.29, 0.717) is 6.54 Å². The molecule has 0 aliphatic carbocycles. The molecule has 9 heavy (non-hydrogen) atoms. The summed E-state index contributed by atoms with van der Waals surface area (Å²) in [6.07, 6.45) is 0. The summed E-state index contributed by atoms with van der Waals surface area (Å²) in [7, 11) is 1.97. The maximum Gasteiger partial charge on any atom is 0.0949 e. The second kappa shape index (κ2) is 3.18. The third-order valence-corrected chi connectivity index (χ3v) is 1.57. The number of likely N-dealkylation sites (N-methyl/N-ethyl adjacent to an activating group) is 1. The summed E-state index contributed by atoms with van der Waals surface area (Å²) in [5.74, 6) is 0. The van der Waals surface area contributed by atoms with E-state index in [-0.39, 0.29) is 12.1 Å². The molecule has 0 heterocycles. The van der Waals surface area contributed by atoms with Crippen LogP contribution in [0.4, 0.5) is 0 Å². The molecule has 0 aliphatic heterocycles. The average molecular weight is 130 g/mol. The predicted molar refractivity (Wildman–Crippen MR) is 37.9 cm³/mol. The third kappa shape index (κ3) is 3.49. The Bertz CT molecular complexity index is 75.5. The van der Waals surface area contributed by atoms with Crippen LogP contribution in [0.5, 0.6) is 0 Å². The Kier molecular flexibility index (Phi) is 3.15. The van der Waals surface area contributed by atoms with Gasteiger partial charge in [0.25, 0.3) is 0 Å². The van der Waals surface area contributed by atoms with E-state index >= 15 is 0 Å². The molecule has 2 nitrogen and oxygen atoms in total. The molecule has 0 atom stereocenters. The highest BCUT2D eigenvalue weighted by atomic mass is 16.3. The maximum atomic E-state index is 10.1. The van der Waals surface area contributed by atoms with Gasteiger partial charge in [0.1, 0.15) is 0 Å². The standard InChI is InChI=1S/C7H16NO/c1-7(2,3)8(4)5-6-9/h5-6H2,1-4H3. The van der Waals surface area contributed by atoms with Crippen molar-refractivity contribution in [1.29, 1.82) is 0 Å². The Balaban J connectivity index is 3.59. The summed E-state index contributed by atoms with van der Waals surface area (Å²) in [6.45, 7) is 6.94. The van der Waals surface area contributed by atoms with Gasteiger partial charge in [-0.05, 0) is 27.8 Å². The van der Waals surface area contributed by atoms with Crippen molar-refractivity contribution in [1.82, 2.24) is 4.90 Å². The molecule has 0 N–H and O–H groups in total. The fourth-order valence-corrected chi connectivity index (χ4v) is 0.472. The summed E-state index contributed by atoms with van der Waals surface area (Å²) < 4.78 is 0. The van der Waals surface area contributed by atoms with Gasteiger partial charge in [0, 0.05) is 12.1 Å². The zero-order valence-electron chi connectivity index (χ0n) is 6.77. The summed E-state index contributed by atoms with van der Waals surface area (Å²) in [6, 6.07) is 0. The SMILES string of the molecule is CN(CC[O])C(C)(C)C. The van der Waals surface area contributed by atoms with Gasteiger partial charge >= 0.3 is 0 Å². The molecule has 55 valence electrons. The lowest BCUT2D eigenvalue weighted by molar-refractivity contribution is 0.104. The molecule has 0 fully saturated rings. The van der Waals surface area contributed by atoms with E-state index in [1.165, 1.54) is 0 Å². The lowest BCUT2D eigenvalue weighted by Gasteiger charge is -2.30. The first-order valence-electron chi connectivity index (χ1n) is 3.28. The van der Waals surface area contributed by atoms with E-state index in [1.54, 1.807) is 0 Å². The predicted octanol–water partition coefficient (Wildman–Crippen LogP) is 1.15. The fraction of sp³-hybridized carbons (Fsp3) is 1.00. The Hall–Kier alpha value is -0.0800. The molecule has 0 aromatic heterocycles. The number of hydrogen-bond donors (Lipinski definition) is 0. The minimum Gasteiger partial charge on any atom is -0.299 e. The molecule has 0 unspecified atom stereocenters. The lowest BCUT2D eigenvalue weighted by atomic mass is 10.1. The first-order chi connectivity index (χ1) is 3.98. The maximum absolute atomic E-state index is 10.1.